The minimum Gasteiger partial charge on any atom is -0.779 e. The number of phosphoric ester groups is 2. The van der Waals surface area contributed by atoms with Gasteiger partial charge in [0.2, 0.25) is 11.8 Å². The molecule has 0 aromatic rings. The van der Waals surface area contributed by atoms with Crippen molar-refractivity contribution in [3.63, 3.8) is 0 Å². The van der Waals surface area contributed by atoms with E-state index in [4.69, 9.17) is 14.7 Å². The van der Waals surface area contributed by atoms with E-state index in [1.807, 2.05) is 0 Å². The lowest BCUT2D eigenvalue weighted by molar-refractivity contribution is -0.236. The van der Waals surface area contributed by atoms with Crippen LogP contribution in [0.25, 0.3) is 0 Å². The molecule has 0 saturated carbocycles. The molecule has 36 heavy (non-hydrogen) atoms. The van der Waals surface area contributed by atoms with E-state index in [-0.39, 0.29) is 12.8 Å². The lowest BCUT2D eigenvalue weighted by Gasteiger charge is -2.29. The SMILES string of the molecule is CCCC(OP(=O)([O-])OCO)C(=O)NCC(CNC(=O)C(CCC)OP(=O)([O-])OCO)OP(C)(=O)[O-]. The highest BCUT2D eigenvalue weighted by molar-refractivity contribution is 7.50. The zero-order valence-electron chi connectivity index (χ0n) is 19.9. The van der Waals surface area contributed by atoms with Crippen LogP contribution in [0.2, 0.25) is 0 Å². The quantitative estimate of drug-likeness (QED) is 0.0891. The number of nitrogens with one attached hydrogen (secondary N) is 2. The molecule has 0 spiro atoms. The van der Waals surface area contributed by atoms with E-state index in [2.05, 4.69) is 28.7 Å². The first-order valence-corrected chi connectivity index (χ1v) is 15.5. The van der Waals surface area contributed by atoms with E-state index in [9.17, 15) is 38.0 Å². The third-order valence-electron chi connectivity index (χ3n) is 3.98. The van der Waals surface area contributed by atoms with E-state index < -0.39 is 80.0 Å². The van der Waals surface area contributed by atoms with Crippen molar-refractivity contribution in [3.8, 4) is 0 Å². The number of hydrogen-bond acceptors (Lipinski definition) is 15. The summed E-state index contributed by atoms with van der Waals surface area (Å²) in [7, 11) is -14.4. The van der Waals surface area contributed by atoms with Crippen LogP contribution in [0.4, 0.5) is 0 Å². The number of phosphoric acid groups is 2. The maximum Gasteiger partial charge on any atom is 0.270 e. The maximum atomic E-state index is 12.4. The molecule has 0 aliphatic carbocycles. The Kier molecular flexibility index (Phi) is 16.6. The Hall–Kier alpha value is -0.770. The summed E-state index contributed by atoms with van der Waals surface area (Å²) in [4.78, 5) is 59.6. The molecular weight excluding hydrogens is 553 g/mol. The second-order valence-electron chi connectivity index (χ2n) is 7.17. The number of hydrogen-bond donors (Lipinski definition) is 4. The van der Waals surface area contributed by atoms with Crippen molar-refractivity contribution in [2.45, 2.75) is 57.8 Å². The Balaban J connectivity index is 5.30. The van der Waals surface area contributed by atoms with Crippen molar-refractivity contribution < 1.29 is 70.8 Å². The second kappa shape index (κ2) is 16.9. The van der Waals surface area contributed by atoms with Gasteiger partial charge < -0.3 is 53.7 Å². The van der Waals surface area contributed by atoms with Gasteiger partial charge in [-0.15, -0.1) is 0 Å². The average Bonchev–Trinajstić information content (AvgIpc) is 2.73. The Morgan fingerprint density at radius 2 is 1.14 bits per heavy atom. The van der Waals surface area contributed by atoms with Crippen molar-refractivity contribution >= 4 is 35.1 Å². The van der Waals surface area contributed by atoms with Crippen molar-refractivity contribution in [2.75, 3.05) is 33.3 Å². The molecule has 5 unspecified atom stereocenters. The summed E-state index contributed by atoms with van der Waals surface area (Å²) in [5, 5.41) is 21.7. The molecule has 17 nitrogen and oxygen atoms in total. The standard InChI is InChI=1S/C16H35N2O15P3/c1-4-6-13(32-35(25,26)29-10-19)15(21)17-8-12(31-34(3,23)24)9-18-16(22)14(7-5-2)33-36(27,28)30-11-20/h12-14,19-20H,4-11H2,1-3H3,(H,17,21)(H,18,22)(H,23,24)(H,25,26)(H,27,28)/p-3. The molecule has 214 valence electrons. The predicted molar refractivity (Wildman–Crippen MR) is 116 cm³/mol. The molecule has 0 rings (SSSR count). The van der Waals surface area contributed by atoms with Crippen LogP contribution in [0.15, 0.2) is 0 Å². The Morgan fingerprint density at radius 3 is 1.42 bits per heavy atom. The Bertz CT molecular complexity index is 769. The third kappa shape index (κ3) is 16.2. The van der Waals surface area contributed by atoms with Crippen molar-refractivity contribution in [3.05, 3.63) is 0 Å². The van der Waals surface area contributed by atoms with Gasteiger partial charge in [-0.2, -0.15) is 0 Å². The van der Waals surface area contributed by atoms with E-state index in [1.165, 1.54) is 0 Å². The van der Waals surface area contributed by atoms with Gasteiger partial charge in [0, 0.05) is 19.8 Å². The molecule has 2 amide bonds. The van der Waals surface area contributed by atoms with Crippen LogP contribution in [0.5, 0.6) is 0 Å². The van der Waals surface area contributed by atoms with Crippen LogP contribution in [0.3, 0.4) is 0 Å². The van der Waals surface area contributed by atoms with Crippen molar-refractivity contribution in [2.24, 2.45) is 0 Å². The van der Waals surface area contributed by atoms with Gasteiger partial charge >= 0.3 is 0 Å². The van der Waals surface area contributed by atoms with E-state index in [0.29, 0.717) is 12.8 Å². The Morgan fingerprint density at radius 1 is 0.778 bits per heavy atom. The highest BCUT2D eigenvalue weighted by Crippen LogP contribution is 2.41. The molecule has 0 aromatic carbocycles. The molecule has 0 fully saturated rings. The van der Waals surface area contributed by atoms with Gasteiger partial charge in [0.05, 0.1) is 6.10 Å². The molecule has 0 aliphatic rings. The minimum absolute atomic E-state index is 0.0792. The zero-order chi connectivity index (χ0) is 28.0. The molecule has 0 aromatic heterocycles. The fraction of sp³-hybridized carbons (Fsp3) is 0.875. The fourth-order valence-electron chi connectivity index (χ4n) is 2.58. The van der Waals surface area contributed by atoms with Gasteiger partial charge in [0.25, 0.3) is 15.6 Å². The van der Waals surface area contributed by atoms with Crippen molar-refractivity contribution in [1.82, 2.24) is 10.6 Å². The van der Waals surface area contributed by atoms with Crippen LogP contribution in [0, 0.1) is 0 Å². The molecule has 0 heterocycles. The van der Waals surface area contributed by atoms with Crippen LogP contribution in [-0.2, 0) is 45.9 Å². The molecule has 0 bridgehead atoms. The molecule has 0 aliphatic heterocycles. The number of aliphatic hydroxyl groups excluding tert-OH is 2. The summed E-state index contributed by atoms with van der Waals surface area (Å²) < 4.78 is 56.9. The number of aliphatic hydroxyl groups is 2. The number of rotatable bonds is 20. The van der Waals surface area contributed by atoms with Crippen LogP contribution >= 0.6 is 23.2 Å². The number of amides is 2. The first-order valence-electron chi connectivity index (χ1n) is 10.6. The number of carbonyl (C=O) groups excluding carboxylic acids is 2. The van der Waals surface area contributed by atoms with Gasteiger partial charge in [-0.25, -0.2) is 0 Å². The van der Waals surface area contributed by atoms with Crippen LogP contribution in [-0.4, -0.2) is 73.7 Å². The van der Waals surface area contributed by atoms with Crippen LogP contribution in [0.1, 0.15) is 39.5 Å². The summed E-state index contributed by atoms with van der Waals surface area (Å²) in [6.07, 6.45) is -4.08. The van der Waals surface area contributed by atoms with Gasteiger partial charge in [-0.05, 0) is 12.8 Å². The molecule has 0 radical (unpaired) electrons. The molecule has 0 saturated heterocycles. The second-order valence-corrected chi connectivity index (χ2v) is 11.6. The predicted octanol–water partition coefficient (Wildman–Crippen LogP) is -1.97. The van der Waals surface area contributed by atoms with E-state index >= 15 is 0 Å². The maximum absolute atomic E-state index is 12.4. The lowest BCUT2D eigenvalue weighted by atomic mass is 10.2. The summed E-state index contributed by atoms with van der Waals surface area (Å²) in [6.45, 7) is 0.486. The van der Waals surface area contributed by atoms with Gasteiger partial charge in [0.15, 0.2) is 13.6 Å². The molecule has 4 N–H and O–H groups in total. The fourth-order valence-corrected chi connectivity index (χ4v) is 4.70. The minimum atomic E-state index is -5.01. The van der Waals surface area contributed by atoms with E-state index in [1.54, 1.807) is 13.8 Å². The first kappa shape index (κ1) is 35.2. The topological polar surface area (TPSA) is 265 Å². The van der Waals surface area contributed by atoms with Gasteiger partial charge in [0.1, 0.15) is 19.8 Å². The monoisotopic (exact) mass is 585 g/mol. The summed E-state index contributed by atoms with van der Waals surface area (Å²) in [5.74, 6) is -1.96. The first-order chi connectivity index (χ1) is 16.6. The van der Waals surface area contributed by atoms with E-state index in [0.717, 1.165) is 6.66 Å². The highest BCUT2D eigenvalue weighted by Gasteiger charge is 2.28. The molecule has 5 atom stereocenters. The Labute approximate surface area is 208 Å². The summed E-state index contributed by atoms with van der Waals surface area (Å²) in [5.41, 5.74) is 0. The highest BCUT2D eigenvalue weighted by atomic mass is 31.2. The largest absolute Gasteiger partial charge is 0.779 e. The smallest absolute Gasteiger partial charge is 0.270 e. The molecular formula is C16H32N2O15P3-3. The molecule has 20 heteroatoms. The normalized spacial score (nSPS) is 19.2. The van der Waals surface area contributed by atoms with Crippen molar-refractivity contribution in [1.29, 1.82) is 0 Å². The van der Waals surface area contributed by atoms with Gasteiger partial charge in [-0.1, -0.05) is 26.7 Å². The van der Waals surface area contributed by atoms with Crippen LogP contribution < -0.4 is 25.3 Å². The summed E-state index contributed by atoms with van der Waals surface area (Å²) >= 11 is 0. The zero-order valence-corrected chi connectivity index (χ0v) is 22.6. The van der Waals surface area contributed by atoms with Gasteiger partial charge in [-0.3, -0.25) is 27.8 Å². The average molecular weight is 585 g/mol. The number of carbonyl (C=O) groups is 2. The summed E-state index contributed by atoms with van der Waals surface area (Å²) in [6, 6.07) is 0. The third-order valence-corrected chi connectivity index (χ3v) is 6.55. The lowest BCUT2D eigenvalue weighted by Crippen LogP contribution is -2.47.